The SMILES string of the molecule is Cc1ccc(Nc2ncc(Br)cc2N)c(C)c1. The van der Waals surface area contributed by atoms with Crippen molar-refractivity contribution in [2.45, 2.75) is 13.8 Å². The largest absolute Gasteiger partial charge is 0.396 e. The second-order valence-electron chi connectivity index (χ2n) is 4.03. The minimum atomic E-state index is 0.624. The summed E-state index contributed by atoms with van der Waals surface area (Å²) < 4.78 is 0.876. The van der Waals surface area contributed by atoms with Crippen LogP contribution < -0.4 is 11.1 Å². The second kappa shape index (κ2) is 4.75. The molecule has 0 fully saturated rings. The highest BCUT2D eigenvalue weighted by Crippen LogP contribution is 2.25. The van der Waals surface area contributed by atoms with Crippen molar-refractivity contribution in [3.63, 3.8) is 0 Å². The average Bonchev–Trinajstić information content (AvgIpc) is 2.25. The number of benzene rings is 1. The van der Waals surface area contributed by atoms with Gasteiger partial charge >= 0.3 is 0 Å². The molecule has 3 N–H and O–H groups in total. The molecule has 0 aliphatic rings. The number of hydrogen-bond acceptors (Lipinski definition) is 3. The lowest BCUT2D eigenvalue weighted by atomic mass is 10.1. The Hall–Kier alpha value is -1.55. The highest BCUT2D eigenvalue weighted by Gasteiger charge is 2.04. The maximum absolute atomic E-state index is 5.89. The molecule has 2 aromatic rings. The molecule has 3 nitrogen and oxygen atoms in total. The third-order valence-corrected chi connectivity index (χ3v) is 2.95. The molecule has 0 atom stereocenters. The Balaban J connectivity index is 2.31. The number of nitrogens with two attached hydrogens (primary N) is 1. The molecule has 0 spiro atoms. The summed E-state index contributed by atoms with van der Waals surface area (Å²) in [5.41, 5.74) is 9.96. The smallest absolute Gasteiger partial charge is 0.153 e. The van der Waals surface area contributed by atoms with Crippen molar-refractivity contribution >= 4 is 33.1 Å². The van der Waals surface area contributed by atoms with Crippen molar-refractivity contribution < 1.29 is 0 Å². The topological polar surface area (TPSA) is 50.9 Å². The number of nitrogen functional groups attached to an aromatic ring is 1. The van der Waals surface area contributed by atoms with Crippen LogP contribution in [0.1, 0.15) is 11.1 Å². The van der Waals surface area contributed by atoms with Gasteiger partial charge in [-0.05, 0) is 47.5 Å². The Morgan fingerprint density at radius 3 is 2.65 bits per heavy atom. The van der Waals surface area contributed by atoms with Crippen molar-refractivity contribution in [3.05, 3.63) is 46.1 Å². The summed E-state index contributed by atoms with van der Waals surface area (Å²) in [5.74, 6) is 0.681. The summed E-state index contributed by atoms with van der Waals surface area (Å²) in [5, 5.41) is 3.24. The van der Waals surface area contributed by atoms with Gasteiger partial charge in [-0.2, -0.15) is 0 Å². The van der Waals surface area contributed by atoms with Crippen molar-refractivity contribution in [2.75, 3.05) is 11.1 Å². The van der Waals surface area contributed by atoms with Crippen LogP contribution in [0.25, 0.3) is 0 Å². The van der Waals surface area contributed by atoms with Crippen molar-refractivity contribution in [2.24, 2.45) is 0 Å². The first-order valence-corrected chi connectivity index (χ1v) is 6.11. The molecular formula is C13H14BrN3. The van der Waals surface area contributed by atoms with E-state index in [4.69, 9.17) is 5.73 Å². The maximum atomic E-state index is 5.89. The molecular weight excluding hydrogens is 278 g/mol. The van der Waals surface area contributed by atoms with E-state index in [1.165, 1.54) is 11.1 Å². The number of nitrogens with zero attached hydrogens (tertiary/aromatic N) is 1. The first-order chi connectivity index (χ1) is 8.06. The van der Waals surface area contributed by atoms with Gasteiger partial charge in [0, 0.05) is 16.4 Å². The van der Waals surface area contributed by atoms with Crippen LogP contribution in [-0.2, 0) is 0 Å². The summed E-state index contributed by atoms with van der Waals surface area (Å²) in [6, 6.07) is 8.05. The molecule has 0 saturated heterocycles. The number of rotatable bonds is 2. The van der Waals surface area contributed by atoms with E-state index >= 15 is 0 Å². The Labute approximate surface area is 109 Å². The maximum Gasteiger partial charge on any atom is 0.153 e. The minimum absolute atomic E-state index is 0.624. The quantitative estimate of drug-likeness (QED) is 0.885. The standard InChI is InChI=1S/C13H14BrN3/c1-8-3-4-12(9(2)5-8)17-13-11(15)6-10(14)7-16-13/h3-7H,15H2,1-2H3,(H,16,17). The monoisotopic (exact) mass is 291 g/mol. The molecule has 17 heavy (non-hydrogen) atoms. The molecule has 1 aromatic carbocycles. The van der Waals surface area contributed by atoms with Gasteiger partial charge in [-0.3, -0.25) is 0 Å². The fraction of sp³-hybridized carbons (Fsp3) is 0.154. The van der Waals surface area contributed by atoms with Gasteiger partial charge in [-0.1, -0.05) is 17.7 Å². The van der Waals surface area contributed by atoms with Gasteiger partial charge in [-0.15, -0.1) is 0 Å². The summed E-state index contributed by atoms with van der Waals surface area (Å²) >= 11 is 3.34. The predicted octanol–water partition coefficient (Wildman–Crippen LogP) is 3.79. The van der Waals surface area contributed by atoms with Crippen LogP contribution in [0, 0.1) is 13.8 Å². The van der Waals surface area contributed by atoms with E-state index in [0.29, 0.717) is 11.5 Å². The van der Waals surface area contributed by atoms with Gasteiger partial charge in [0.2, 0.25) is 0 Å². The molecule has 0 bridgehead atoms. The lowest BCUT2D eigenvalue weighted by Crippen LogP contribution is -2.00. The highest BCUT2D eigenvalue weighted by molar-refractivity contribution is 9.10. The van der Waals surface area contributed by atoms with Crippen molar-refractivity contribution in [1.29, 1.82) is 0 Å². The number of pyridine rings is 1. The van der Waals surface area contributed by atoms with Crippen LogP contribution >= 0.6 is 15.9 Å². The van der Waals surface area contributed by atoms with Gasteiger partial charge in [0.15, 0.2) is 5.82 Å². The Morgan fingerprint density at radius 2 is 2.00 bits per heavy atom. The lowest BCUT2D eigenvalue weighted by Gasteiger charge is -2.11. The first-order valence-electron chi connectivity index (χ1n) is 5.31. The number of halogens is 1. The van der Waals surface area contributed by atoms with E-state index in [1.807, 2.05) is 12.1 Å². The molecule has 4 heteroatoms. The molecule has 0 aliphatic carbocycles. The van der Waals surface area contributed by atoms with Crippen LogP contribution in [0.3, 0.4) is 0 Å². The van der Waals surface area contributed by atoms with Crippen LogP contribution in [0.5, 0.6) is 0 Å². The number of aromatic nitrogens is 1. The van der Waals surface area contributed by atoms with Gasteiger partial charge in [0.05, 0.1) is 5.69 Å². The molecule has 0 unspecified atom stereocenters. The number of nitrogens with one attached hydrogen (secondary N) is 1. The third-order valence-electron chi connectivity index (χ3n) is 2.52. The highest BCUT2D eigenvalue weighted by atomic mass is 79.9. The van der Waals surface area contributed by atoms with Crippen molar-refractivity contribution in [3.8, 4) is 0 Å². The van der Waals surface area contributed by atoms with E-state index in [9.17, 15) is 0 Å². The summed E-state index contributed by atoms with van der Waals surface area (Å²) in [6.45, 7) is 4.13. The molecule has 0 amide bonds. The summed E-state index contributed by atoms with van der Waals surface area (Å²) in [4.78, 5) is 4.25. The molecule has 0 radical (unpaired) electrons. The Kier molecular flexibility index (Phi) is 3.33. The van der Waals surface area contributed by atoms with Crippen LogP contribution in [0.2, 0.25) is 0 Å². The van der Waals surface area contributed by atoms with E-state index in [2.05, 4.69) is 52.2 Å². The second-order valence-corrected chi connectivity index (χ2v) is 4.95. The normalized spacial score (nSPS) is 10.3. The third kappa shape index (κ3) is 2.77. The number of hydrogen-bond donors (Lipinski definition) is 2. The van der Waals surface area contributed by atoms with Gasteiger partial charge in [0.25, 0.3) is 0 Å². The van der Waals surface area contributed by atoms with E-state index < -0.39 is 0 Å². The van der Waals surface area contributed by atoms with E-state index in [1.54, 1.807) is 6.20 Å². The van der Waals surface area contributed by atoms with Crippen LogP contribution in [-0.4, -0.2) is 4.98 Å². The van der Waals surface area contributed by atoms with Crippen molar-refractivity contribution in [1.82, 2.24) is 4.98 Å². The fourth-order valence-electron chi connectivity index (χ4n) is 1.64. The lowest BCUT2D eigenvalue weighted by molar-refractivity contribution is 1.28. The number of aryl methyl sites for hydroxylation is 2. The predicted molar refractivity (Wildman–Crippen MR) is 75.5 cm³/mol. The fourth-order valence-corrected chi connectivity index (χ4v) is 1.99. The van der Waals surface area contributed by atoms with Gasteiger partial charge in [-0.25, -0.2) is 4.98 Å². The zero-order valence-electron chi connectivity index (χ0n) is 9.79. The molecule has 0 saturated carbocycles. The molecule has 2 rings (SSSR count). The summed E-state index contributed by atoms with van der Waals surface area (Å²) in [6.07, 6.45) is 1.72. The van der Waals surface area contributed by atoms with E-state index in [-0.39, 0.29) is 0 Å². The first kappa shape index (κ1) is 11.9. The average molecular weight is 292 g/mol. The molecule has 0 aliphatic heterocycles. The Bertz CT molecular complexity index is 503. The zero-order chi connectivity index (χ0) is 12.4. The Morgan fingerprint density at radius 1 is 1.24 bits per heavy atom. The van der Waals surface area contributed by atoms with Gasteiger partial charge in [0.1, 0.15) is 0 Å². The minimum Gasteiger partial charge on any atom is -0.396 e. The summed E-state index contributed by atoms with van der Waals surface area (Å²) in [7, 11) is 0. The number of anilines is 3. The van der Waals surface area contributed by atoms with E-state index in [0.717, 1.165) is 10.2 Å². The van der Waals surface area contributed by atoms with Gasteiger partial charge < -0.3 is 11.1 Å². The van der Waals surface area contributed by atoms with Crippen LogP contribution in [0.4, 0.5) is 17.2 Å². The zero-order valence-corrected chi connectivity index (χ0v) is 11.4. The molecule has 88 valence electrons. The van der Waals surface area contributed by atoms with Crippen LogP contribution in [0.15, 0.2) is 34.9 Å². The molecule has 1 heterocycles. The molecule has 1 aromatic heterocycles.